The van der Waals surface area contributed by atoms with Gasteiger partial charge < -0.3 is 16.4 Å². The topological polar surface area (TPSA) is 83.3 Å². The summed E-state index contributed by atoms with van der Waals surface area (Å²) in [7, 11) is 0. The van der Waals surface area contributed by atoms with Crippen LogP contribution in [-0.2, 0) is 11.3 Å². The number of halogens is 2. The number of hydrogen-bond acceptors (Lipinski definition) is 7. The number of likely N-dealkylation sites (tertiary alicyclic amines) is 1. The van der Waals surface area contributed by atoms with Crippen molar-refractivity contribution < 1.29 is 4.79 Å². The quantitative estimate of drug-likeness (QED) is 0.272. The minimum atomic E-state index is 0.0572. The number of carbonyl (C=O) groups excluding carboxylic acids is 1. The van der Waals surface area contributed by atoms with Crippen LogP contribution in [0.25, 0.3) is 11.3 Å². The zero-order valence-corrected chi connectivity index (χ0v) is 23.3. The number of aromatic nitrogens is 1. The fourth-order valence-corrected chi connectivity index (χ4v) is 6.02. The summed E-state index contributed by atoms with van der Waals surface area (Å²) in [6, 6.07) is 14.2. The lowest BCUT2D eigenvalue weighted by atomic mass is 10.0. The Morgan fingerprint density at radius 2 is 2.03 bits per heavy atom. The van der Waals surface area contributed by atoms with E-state index < -0.39 is 0 Å². The lowest BCUT2D eigenvalue weighted by Gasteiger charge is -2.32. The summed E-state index contributed by atoms with van der Waals surface area (Å²) in [4.78, 5) is 19.7. The minimum absolute atomic E-state index is 0.0572. The van der Waals surface area contributed by atoms with E-state index in [1.165, 1.54) is 11.8 Å². The molecule has 0 saturated carbocycles. The Morgan fingerprint density at radius 1 is 1.22 bits per heavy atom. The molecule has 36 heavy (non-hydrogen) atoms. The maximum atomic E-state index is 12.6. The Bertz CT molecular complexity index is 1160. The number of carbonyl (C=O) groups is 1. The second kappa shape index (κ2) is 13.1. The largest absolute Gasteiger partial charge is 0.383 e. The molecule has 6 nitrogen and oxygen atoms in total. The van der Waals surface area contributed by atoms with Crippen LogP contribution >= 0.6 is 46.3 Å². The Labute approximate surface area is 231 Å². The van der Waals surface area contributed by atoms with Crippen LogP contribution in [0.2, 0.25) is 10.0 Å². The second-order valence-corrected chi connectivity index (χ2v) is 12.0. The number of nitrogens with zero attached hydrogens (tertiary/aromatic N) is 2. The van der Waals surface area contributed by atoms with E-state index in [0.717, 1.165) is 59.3 Å². The fraction of sp³-hybridized carbons (Fsp3) is 0.385. The Hall–Kier alpha value is -1.81. The molecule has 1 atom stereocenters. The number of thiazole rings is 1. The molecule has 1 aliphatic heterocycles. The molecule has 0 aliphatic carbocycles. The van der Waals surface area contributed by atoms with Crippen molar-refractivity contribution >= 4 is 57.9 Å². The Morgan fingerprint density at radius 3 is 2.78 bits per heavy atom. The van der Waals surface area contributed by atoms with Crippen LogP contribution in [0.4, 0.5) is 5.69 Å². The zero-order valence-electron chi connectivity index (χ0n) is 20.2. The molecule has 1 aliphatic rings. The first-order chi connectivity index (χ1) is 17.4. The molecule has 0 unspecified atom stereocenters. The van der Waals surface area contributed by atoms with Gasteiger partial charge in [-0.05, 0) is 49.6 Å². The molecule has 10 heteroatoms. The number of rotatable bonds is 10. The molecule has 2 heterocycles. The van der Waals surface area contributed by atoms with E-state index in [0.29, 0.717) is 22.3 Å². The molecule has 0 radical (unpaired) electrons. The van der Waals surface area contributed by atoms with Crippen LogP contribution in [0.3, 0.4) is 0 Å². The molecule has 0 spiro atoms. The molecule has 3 aromatic rings. The van der Waals surface area contributed by atoms with Gasteiger partial charge in [0.2, 0.25) is 5.91 Å². The zero-order chi connectivity index (χ0) is 25.5. The molecule has 1 saturated heterocycles. The van der Waals surface area contributed by atoms with Crippen molar-refractivity contribution in [1.29, 1.82) is 0 Å². The van der Waals surface area contributed by atoms with Crippen LogP contribution < -0.4 is 16.4 Å². The summed E-state index contributed by atoms with van der Waals surface area (Å²) >= 11 is 15.2. The summed E-state index contributed by atoms with van der Waals surface area (Å²) in [6.45, 7) is 5.40. The number of amides is 1. The number of piperidine rings is 1. The van der Waals surface area contributed by atoms with Gasteiger partial charge >= 0.3 is 0 Å². The number of nitrogens with two attached hydrogens (primary N) is 1. The van der Waals surface area contributed by atoms with Crippen LogP contribution in [-0.4, -0.2) is 53.3 Å². The van der Waals surface area contributed by atoms with Gasteiger partial charge in [-0.25, -0.2) is 4.98 Å². The summed E-state index contributed by atoms with van der Waals surface area (Å²) in [5.41, 5.74) is 9.97. The van der Waals surface area contributed by atoms with E-state index in [1.54, 1.807) is 11.3 Å². The average molecular weight is 565 g/mol. The first-order valence-electron chi connectivity index (χ1n) is 12.0. The third-order valence-electron chi connectivity index (χ3n) is 5.94. The number of benzene rings is 2. The van der Waals surface area contributed by atoms with E-state index in [2.05, 4.69) is 21.6 Å². The van der Waals surface area contributed by atoms with Gasteiger partial charge in [0, 0.05) is 54.9 Å². The second-order valence-electron chi connectivity index (χ2n) is 9.09. The summed E-state index contributed by atoms with van der Waals surface area (Å²) in [6.07, 6.45) is 1.87. The maximum Gasteiger partial charge on any atom is 0.230 e. The standard InChI is InChI=1S/C26H31Cl2N5OS2/c1-17(29)13-30-21-4-2-3-19(12-21)24-15-35-26(32-24)36-16-25(34)31-20-7-9-33(10-8-20)14-18-5-6-22(27)23(28)11-18/h2-6,11-12,15,17,20,30H,7-10,13-14,16,29H2,1H3,(H,31,34)/t17-/m0/s1. The number of anilines is 1. The SMILES string of the molecule is C[C@H](N)CNc1cccc(-c2csc(SCC(=O)NC3CCN(Cc4ccc(Cl)c(Cl)c4)CC3)n2)c1. The third kappa shape index (κ3) is 8.10. The third-order valence-corrected chi connectivity index (χ3v) is 8.70. The van der Waals surface area contributed by atoms with Crippen LogP contribution in [0, 0.1) is 0 Å². The number of thioether (sulfide) groups is 1. The van der Waals surface area contributed by atoms with Gasteiger partial charge in [0.1, 0.15) is 0 Å². The lowest BCUT2D eigenvalue weighted by Crippen LogP contribution is -2.44. The minimum Gasteiger partial charge on any atom is -0.383 e. The van der Waals surface area contributed by atoms with E-state index >= 15 is 0 Å². The Balaban J connectivity index is 1.20. The molecule has 4 N–H and O–H groups in total. The highest BCUT2D eigenvalue weighted by atomic mass is 35.5. The van der Waals surface area contributed by atoms with E-state index in [4.69, 9.17) is 33.9 Å². The normalized spacial score (nSPS) is 15.6. The molecule has 0 bridgehead atoms. The summed E-state index contributed by atoms with van der Waals surface area (Å²) in [5.74, 6) is 0.425. The van der Waals surface area contributed by atoms with Gasteiger partial charge in [0.05, 0.1) is 21.5 Å². The predicted octanol–water partition coefficient (Wildman–Crippen LogP) is 5.75. The van der Waals surface area contributed by atoms with Gasteiger partial charge in [-0.3, -0.25) is 9.69 Å². The van der Waals surface area contributed by atoms with Crippen molar-refractivity contribution in [3.05, 3.63) is 63.5 Å². The van der Waals surface area contributed by atoms with E-state index in [1.807, 2.05) is 48.7 Å². The van der Waals surface area contributed by atoms with Gasteiger partial charge in [-0.1, -0.05) is 53.2 Å². The molecular formula is C26H31Cl2N5OS2. The van der Waals surface area contributed by atoms with Gasteiger partial charge in [0.25, 0.3) is 0 Å². The fourth-order valence-electron chi connectivity index (χ4n) is 4.05. The van der Waals surface area contributed by atoms with Gasteiger partial charge in [-0.15, -0.1) is 11.3 Å². The predicted molar refractivity (Wildman–Crippen MR) is 153 cm³/mol. The van der Waals surface area contributed by atoms with E-state index in [-0.39, 0.29) is 18.0 Å². The lowest BCUT2D eigenvalue weighted by molar-refractivity contribution is -0.119. The van der Waals surface area contributed by atoms with Crippen LogP contribution in [0.15, 0.2) is 52.2 Å². The molecular weight excluding hydrogens is 533 g/mol. The highest BCUT2D eigenvalue weighted by Crippen LogP contribution is 2.29. The molecule has 1 aromatic heterocycles. The average Bonchev–Trinajstić information content (AvgIpc) is 3.34. The molecule has 2 aromatic carbocycles. The van der Waals surface area contributed by atoms with Crippen molar-refractivity contribution in [2.75, 3.05) is 30.7 Å². The Kier molecular flexibility index (Phi) is 9.93. The van der Waals surface area contributed by atoms with Crippen molar-refractivity contribution in [3.63, 3.8) is 0 Å². The van der Waals surface area contributed by atoms with Crippen LogP contribution in [0.5, 0.6) is 0 Å². The summed E-state index contributed by atoms with van der Waals surface area (Å²) < 4.78 is 0.894. The molecule has 1 amide bonds. The first-order valence-corrected chi connectivity index (χ1v) is 14.6. The van der Waals surface area contributed by atoms with Crippen molar-refractivity contribution in [1.82, 2.24) is 15.2 Å². The summed E-state index contributed by atoms with van der Waals surface area (Å²) in [5, 5.41) is 9.73. The van der Waals surface area contributed by atoms with Gasteiger partial charge in [0.15, 0.2) is 4.34 Å². The molecule has 4 rings (SSSR count). The highest BCUT2D eigenvalue weighted by Gasteiger charge is 2.21. The number of nitrogens with one attached hydrogen (secondary N) is 2. The number of hydrogen-bond donors (Lipinski definition) is 3. The van der Waals surface area contributed by atoms with Crippen molar-refractivity contribution in [3.8, 4) is 11.3 Å². The highest BCUT2D eigenvalue weighted by molar-refractivity contribution is 8.01. The van der Waals surface area contributed by atoms with Crippen molar-refractivity contribution in [2.45, 2.75) is 42.7 Å². The van der Waals surface area contributed by atoms with Gasteiger partial charge in [-0.2, -0.15) is 0 Å². The maximum absolute atomic E-state index is 12.6. The first kappa shape index (κ1) is 27.2. The van der Waals surface area contributed by atoms with Crippen LogP contribution in [0.1, 0.15) is 25.3 Å². The van der Waals surface area contributed by atoms with E-state index in [9.17, 15) is 4.79 Å². The monoisotopic (exact) mass is 563 g/mol. The molecule has 192 valence electrons. The molecule has 1 fully saturated rings. The van der Waals surface area contributed by atoms with Crippen molar-refractivity contribution in [2.24, 2.45) is 5.73 Å². The smallest absolute Gasteiger partial charge is 0.230 e.